The van der Waals surface area contributed by atoms with Crippen molar-refractivity contribution in [2.24, 2.45) is 5.73 Å². The van der Waals surface area contributed by atoms with Crippen LogP contribution < -0.4 is 5.73 Å². The number of carbonyl (C=O) groups is 1. The average molecular weight is 337 g/mol. The number of hydrogen-bond acceptors (Lipinski definition) is 3. The first-order valence-corrected chi connectivity index (χ1v) is 5.90. The van der Waals surface area contributed by atoms with Crippen LogP contribution in [-0.4, -0.2) is 19.1 Å². The standard InChI is InChI=1S/C10H11Br2NO2/c1-15-10(14)9(13)4-6-2-7(11)5-8(12)3-6/h2-3,5,9H,4,13H2,1H3. The van der Waals surface area contributed by atoms with Crippen LogP contribution in [0.1, 0.15) is 5.56 Å². The monoisotopic (exact) mass is 335 g/mol. The Labute approximate surface area is 105 Å². The van der Waals surface area contributed by atoms with E-state index in [-0.39, 0.29) is 0 Å². The topological polar surface area (TPSA) is 52.3 Å². The van der Waals surface area contributed by atoms with Gasteiger partial charge < -0.3 is 10.5 Å². The lowest BCUT2D eigenvalue weighted by Gasteiger charge is -2.09. The van der Waals surface area contributed by atoms with Crippen molar-refractivity contribution >= 4 is 37.8 Å². The van der Waals surface area contributed by atoms with E-state index in [4.69, 9.17) is 5.73 Å². The molecule has 0 bridgehead atoms. The summed E-state index contributed by atoms with van der Waals surface area (Å²) in [7, 11) is 1.33. The van der Waals surface area contributed by atoms with E-state index in [0.717, 1.165) is 14.5 Å². The molecule has 1 aromatic rings. The van der Waals surface area contributed by atoms with E-state index in [0.29, 0.717) is 6.42 Å². The number of rotatable bonds is 3. The summed E-state index contributed by atoms with van der Waals surface area (Å²) >= 11 is 6.74. The third-order valence-electron chi connectivity index (χ3n) is 1.88. The van der Waals surface area contributed by atoms with Crippen LogP contribution >= 0.6 is 31.9 Å². The number of esters is 1. The fourth-order valence-corrected chi connectivity index (χ4v) is 2.61. The molecular formula is C10H11Br2NO2. The van der Waals surface area contributed by atoms with Crippen molar-refractivity contribution in [3.63, 3.8) is 0 Å². The molecule has 0 radical (unpaired) electrons. The Morgan fingerprint density at radius 3 is 2.40 bits per heavy atom. The normalized spacial score (nSPS) is 12.3. The predicted molar refractivity (Wildman–Crippen MR) is 65.5 cm³/mol. The van der Waals surface area contributed by atoms with Gasteiger partial charge in [0.05, 0.1) is 7.11 Å². The van der Waals surface area contributed by atoms with Crippen molar-refractivity contribution in [3.8, 4) is 0 Å². The molecule has 5 heteroatoms. The number of ether oxygens (including phenoxy) is 1. The van der Waals surface area contributed by atoms with E-state index in [1.165, 1.54) is 7.11 Å². The van der Waals surface area contributed by atoms with Gasteiger partial charge in [-0.2, -0.15) is 0 Å². The van der Waals surface area contributed by atoms with Gasteiger partial charge in [-0.3, -0.25) is 4.79 Å². The van der Waals surface area contributed by atoms with Gasteiger partial charge in [0.25, 0.3) is 0 Å². The first-order chi connectivity index (χ1) is 7.02. The summed E-state index contributed by atoms with van der Waals surface area (Å²) in [5.74, 6) is -0.397. The molecule has 1 unspecified atom stereocenters. The Hall–Kier alpha value is -0.390. The third kappa shape index (κ3) is 3.93. The summed E-state index contributed by atoms with van der Waals surface area (Å²) in [5.41, 5.74) is 6.64. The zero-order valence-corrected chi connectivity index (χ0v) is 11.3. The van der Waals surface area contributed by atoms with E-state index < -0.39 is 12.0 Å². The highest BCUT2D eigenvalue weighted by molar-refractivity contribution is 9.11. The molecule has 1 atom stereocenters. The molecule has 0 fully saturated rings. The molecule has 0 saturated heterocycles. The minimum absolute atomic E-state index is 0.397. The van der Waals surface area contributed by atoms with Gasteiger partial charge in [0.15, 0.2) is 0 Å². The Kier molecular flexibility index (Phi) is 4.76. The van der Waals surface area contributed by atoms with Gasteiger partial charge in [-0.1, -0.05) is 31.9 Å². The van der Waals surface area contributed by atoms with E-state index in [2.05, 4.69) is 36.6 Å². The molecule has 1 rings (SSSR count). The molecule has 0 heterocycles. The second-order valence-corrected chi connectivity index (χ2v) is 4.94. The summed E-state index contributed by atoms with van der Waals surface area (Å²) in [6, 6.07) is 5.16. The molecule has 1 aromatic carbocycles. The highest BCUT2D eigenvalue weighted by atomic mass is 79.9. The van der Waals surface area contributed by atoms with Crippen molar-refractivity contribution in [1.29, 1.82) is 0 Å². The molecule has 0 spiro atoms. The Morgan fingerprint density at radius 2 is 1.93 bits per heavy atom. The van der Waals surface area contributed by atoms with Gasteiger partial charge in [-0.05, 0) is 30.2 Å². The second-order valence-electron chi connectivity index (χ2n) is 3.11. The maximum absolute atomic E-state index is 11.1. The summed E-state index contributed by atoms with van der Waals surface area (Å²) in [4.78, 5) is 11.1. The molecule has 82 valence electrons. The predicted octanol–water partition coefficient (Wildman–Crippen LogP) is 2.25. The highest BCUT2D eigenvalue weighted by Crippen LogP contribution is 2.20. The first-order valence-electron chi connectivity index (χ1n) is 4.31. The van der Waals surface area contributed by atoms with Gasteiger partial charge in [-0.15, -0.1) is 0 Å². The maximum atomic E-state index is 11.1. The maximum Gasteiger partial charge on any atom is 0.322 e. The van der Waals surface area contributed by atoms with Crippen molar-refractivity contribution < 1.29 is 9.53 Å². The average Bonchev–Trinajstić information content (AvgIpc) is 2.14. The smallest absolute Gasteiger partial charge is 0.322 e. The zero-order chi connectivity index (χ0) is 11.4. The van der Waals surface area contributed by atoms with Gasteiger partial charge in [-0.25, -0.2) is 0 Å². The molecule has 3 nitrogen and oxygen atoms in total. The molecule has 2 N–H and O–H groups in total. The molecule has 0 aliphatic heterocycles. The molecule has 0 saturated carbocycles. The van der Waals surface area contributed by atoms with E-state index >= 15 is 0 Å². The van der Waals surface area contributed by atoms with Crippen LogP contribution in [0.4, 0.5) is 0 Å². The summed E-state index contributed by atoms with van der Waals surface area (Å²) in [5, 5.41) is 0. The number of halogens is 2. The van der Waals surface area contributed by atoms with Gasteiger partial charge in [0.1, 0.15) is 6.04 Å². The summed E-state index contributed by atoms with van der Waals surface area (Å²) in [6.45, 7) is 0. The van der Waals surface area contributed by atoms with Crippen LogP contribution in [0.25, 0.3) is 0 Å². The molecule has 0 aliphatic rings. The number of methoxy groups -OCH3 is 1. The lowest BCUT2D eigenvalue weighted by atomic mass is 10.1. The molecule has 0 aliphatic carbocycles. The summed E-state index contributed by atoms with van der Waals surface area (Å²) < 4.78 is 6.45. The minimum Gasteiger partial charge on any atom is -0.468 e. The van der Waals surface area contributed by atoms with Crippen LogP contribution in [-0.2, 0) is 16.0 Å². The minimum atomic E-state index is -0.615. The second kappa shape index (κ2) is 5.63. The molecule has 0 aromatic heterocycles. The highest BCUT2D eigenvalue weighted by Gasteiger charge is 2.14. The van der Waals surface area contributed by atoms with Crippen molar-refractivity contribution in [1.82, 2.24) is 0 Å². The van der Waals surface area contributed by atoms with E-state index in [9.17, 15) is 4.79 Å². The van der Waals surface area contributed by atoms with Crippen LogP contribution in [0, 0.1) is 0 Å². The number of carbonyl (C=O) groups excluding carboxylic acids is 1. The van der Waals surface area contributed by atoms with Crippen molar-refractivity contribution in [2.75, 3.05) is 7.11 Å². The first kappa shape index (κ1) is 12.7. The lowest BCUT2D eigenvalue weighted by molar-refractivity contribution is -0.142. The molecule has 15 heavy (non-hydrogen) atoms. The van der Waals surface area contributed by atoms with Crippen LogP contribution in [0.3, 0.4) is 0 Å². The zero-order valence-electron chi connectivity index (χ0n) is 8.17. The Bertz CT molecular complexity index is 348. The fourth-order valence-electron chi connectivity index (χ4n) is 1.22. The Balaban J connectivity index is 2.76. The SMILES string of the molecule is COC(=O)C(N)Cc1cc(Br)cc(Br)c1. The number of hydrogen-bond donors (Lipinski definition) is 1. The van der Waals surface area contributed by atoms with Crippen molar-refractivity contribution in [2.45, 2.75) is 12.5 Å². The van der Waals surface area contributed by atoms with Crippen molar-refractivity contribution in [3.05, 3.63) is 32.7 Å². The number of nitrogens with two attached hydrogens (primary N) is 1. The van der Waals surface area contributed by atoms with E-state index in [1.54, 1.807) is 0 Å². The largest absolute Gasteiger partial charge is 0.468 e. The van der Waals surface area contributed by atoms with Crippen LogP contribution in [0.2, 0.25) is 0 Å². The lowest BCUT2D eigenvalue weighted by Crippen LogP contribution is -2.33. The van der Waals surface area contributed by atoms with Gasteiger partial charge in [0, 0.05) is 8.95 Å². The van der Waals surface area contributed by atoms with Crippen LogP contribution in [0.15, 0.2) is 27.1 Å². The third-order valence-corrected chi connectivity index (χ3v) is 2.80. The number of benzene rings is 1. The Morgan fingerprint density at radius 1 is 1.40 bits per heavy atom. The molecular weight excluding hydrogens is 326 g/mol. The summed E-state index contributed by atoms with van der Waals surface area (Å²) in [6.07, 6.45) is 0.463. The fraction of sp³-hybridized carbons (Fsp3) is 0.300. The van der Waals surface area contributed by atoms with Gasteiger partial charge in [0.2, 0.25) is 0 Å². The quantitative estimate of drug-likeness (QED) is 0.861. The van der Waals surface area contributed by atoms with Crippen LogP contribution in [0.5, 0.6) is 0 Å². The molecule has 0 amide bonds. The van der Waals surface area contributed by atoms with E-state index in [1.807, 2.05) is 18.2 Å². The van der Waals surface area contributed by atoms with Gasteiger partial charge >= 0.3 is 5.97 Å².